The Morgan fingerprint density at radius 1 is 1.24 bits per heavy atom. The van der Waals surface area contributed by atoms with Crippen LogP contribution in [0.3, 0.4) is 0 Å². The molecule has 0 radical (unpaired) electrons. The van der Waals surface area contributed by atoms with E-state index in [1.54, 1.807) is 7.05 Å². The van der Waals surface area contributed by atoms with Crippen molar-refractivity contribution >= 4 is 11.9 Å². The molecule has 0 aliphatic heterocycles. The third kappa shape index (κ3) is 3.95. The van der Waals surface area contributed by atoms with Gasteiger partial charge >= 0.3 is 5.97 Å². The lowest BCUT2D eigenvalue weighted by molar-refractivity contribution is 0.0695. The largest absolute Gasteiger partial charge is 0.478 e. The first-order valence-corrected chi connectivity index (χ1v) is 6.69. The van der Waals surface area contributed by atoms with Crippen molar-refractivity contribution in [3.05, 3.63) is 59.5 Å². The van der Waals surface area contributed by atoms with Gasteiger partial charge in [-0.25, -0.2) is 4.79 Å². The van der Waals surface area contributed by atoms with E-state index < -0.39 is 5.97 Å². The van der Waals surface area contributed by atoms with Crippen LogP contribution in [0.25, 0.3) is 0 Å². The lowest BCUT2D eigenvalue weighted by Crippen LogP contribution is -2.27. The maximum absolute atomic E-state index is 12.1. The lowest BCUT2D eigenvalue weighted by atomic mass is 10.1. The Morgan fingerprint density at radius 2 is 1.95 bits per heavy atom. The molecule has 1 aromatic heterocycles. The topological polar surface area (TPSA) is 70.8 Å². The van der Waals surface area contributed by atoms with Gasteiger partial charge in [-0.3, -0.25) is 4.79 Å². The van der Waals surface area contributed by atoms with E-state index in [2.05, 4.69) is 0 Å². The van der Waals surface area contributed by atoms with Crippen LogP contribution < -0.4 is 0 Å². The monoisotopic (exact) mass is 287 g/mol. The molecular formula is C16H17NO4. The van der Waals surface area contributed by atoms with Gasteiger partial charge in [0.05, 0.1) is 5.56 Å². The zero-order chi connectivity index (χ0) is 15.2. The summed E-state index contributed by atoms with van der Waals surface area (Å²) in [7, 11) is 1.68. The van der Waals surface area contributed by atoms with E-state index in [4.69, 9.17) is 9.52 Å². The van der Waals surface area contributed by atoms with Crippen molar-refractivity contribution in [3.8, 4) is 0 Å². The van der Waals surface area contributed by atoms with E-state index in [0.717, 1.165) is 19.1 Å². The molecule has 21 heavy (non-hydrogen) atoms. The minimum Gasteiger partial charge on any atom is -0.478 e. The van der Waals surface area contributed by atoms with Gasteiger partial charge in [-0.15, -0.1) is 0 Å². The number of furan rings is 1. The highest BCUT2D eigenvalue weighted by Gasteiger charge is 2.17. The Bertz CT molecular complexity index is 618. The number of carbonyl (C=O) groups is 2. The summed E-state index contributed by atoms with van der Waals surface area (Å²) in [6, 6.07) is 11.3. The Hall–Kier alpha value is -2.56. The molecule has 0 atom stereocenters. The number of aromatic carboxylic acids is 1. The first-order valence-electron chi connectivity index (χ1n) is 6.69. The number of aryl methyl sites for hydroxylation is 1. The number of rotatable bonds is 6. The number of amides is 1. The summed E-state index contributed by atoms with van der Waals surface area (Å²) in [5, 5.41) is 8.80. The quantitative estimate of drug-likeness (QED) is 0.886. The number of carboxylic acids is 1. The molecule has 0 aliphatic rings. The predicted molar refractivity (Wildman–Crippen MR) is 77.4 cm³/mol. The van der Waals surface area contributed by atoms with Crippen molar-refractivity contribution in [1.29, 1.82) is 0 Å². The fraction of sp³-hybridized carbons (Fsp3) is 0.250. The average molecular weight is 287 g/mol. The summed E-state index contributed by atoms with van der Waals surface area (Å²) in [5.41, 5.74) is 1.21. The fourth-order valence-electron chi connectivity index (χ4n) is 2.02. The first kappa shape index (κ1) is 14.8. The van der Waals surface area contributed by atoms with E-state index in [-0.39, 0.29) is 17.2 Å². The van der Waals surface area contributed by atoms with Gasteiger partial charge in [0.1, 0.15) is 6.26 Å². The van der Waals surface area contributed by atoms with Crippen molar-refractivity contribution in [3.63, 3.8) is 0 Å². The van der Waals surface area contributed by atoms with E-state index in [9.17, 15) is 9.59 Å². The summed E-state index contributed by atoms with van der Waals surface area (Å²) in [5.74, 6) is -1.37. The van der Waals surface area contributed by atoms with Crippen molar-refractivity contribution in [1.82, 2.24) is 4.90 Å². The summed E-state index contributed by atoms with van der Waals surface area (Å²) >= 11 is 0. The molecule has 1 amide bonds. The van der Waals surface area contributed by atoms with E-state index in [1.165, 1.54) is 16.5 Å². The molecule has 0 aliphatic carbocycles. The molecule has 0 saturated carbocycles. The molecule has 0 spiro atoms. The first-order chi connectivity index (χ1) is 10.1. The predicted octanol–water partition coefficient (Wildman–Crippen LogP) is 2.68. The minimum absolute atomic E-state index is 0.0176. The second-order valence-corrected chi connectivity index (χ2v) is 4.82. The average Bonchev–Trinajstić information content (AvgIpc) is 2.97. The van der Waals surface area contributed by atoms with Crippen LogP contribution in [0.2, 0.25) is 0 Å². The Kier molecular flexibility index (Phi) is 4.77. The molecule has 0 bridgehead atoms. The Labute approximate surface area is 122 Å². The van der Waals surface area contributed by atoms with Crippen LogP contribution in [0.1, 0.15) is 32.9 Å². The normalized spacial score (nSPS) is 10.3. The van der Waals surface area contributed by atoms with E-state index >= 15 is 0 Å². The number of benzene rings is 1. The van der Waals surface area contributed by atoms with Crippen LogP contribution in [-0.2, 0) is 6.42 Å². The number of carbonyl (C=O) groups excluding carboxylic acids is 1. The van der Waals surface area contributed by atoms with Crippen LogP contribution >= 0.6 is 0 Å². The van der Waals surface area contributed by atoms with Gasteiger partial charge in [-0.05, 0) is 18.4 Å². The molecule has 2 rings (SSSR count). The lowest BCUT2D eigenvalue weighted by Gasteiger charge is -2.15. The smallest absolute Gasteiger partial charge is 0.338 e. The molecule has 5 heteroatoms. The highest BCUT2D eigenvalue weighted by Crippen LogP contribution is 2.11. The molecule has 0 unspecified atom stereocenters. The number of nitrogens with zero attached hydrogens (tertiary/aromatic N) is 1. The van der Waals surface area contributed by atoms with Gasteiger partial charge in [-0.1, -0.05) is 30.3 Å². The van der Waals surface area contributed by atoms with Gasteiger partial charge in [0.2, 0.25) is 0 Å². The van der Waals surface area contributed by atoms with Gasteiger partial charge < -0.3 is 14.4 Å². The fourth-order valence-corrected chi connectivity index (χ4v) is 2.02. The zero-order valence-corrected chi connectivity index (χ0v) is 11.8. The van der Waals surface area contributed by atoms with Crippen LogP contribution in [-0.4, -0.2) is 35.5 Å². The summed E-state index contributed by atoms with van der Waals surface area (Å²) in [4.78, 5) is 24.3. The highest BCUT2D eigenvalue weighted by atomic mass is 16.4. The number of hydrogen-bond donors (Lipinski definition) is 1. The molecular weight excluding hydrogens is 270 g/mol. The number of hydrogen-bond acceptors (Lipinski definition) is 3. The minimum atomic E-state index is -1.11. The van der Waals surface area contributed by atoms with Crippen molar-refractivity contribution in [2.24, 2.45) is 0 Å². The van der Waals surface area contributed by atoms with Crippen LogP contribution in [0, 0.1) is 0 Å². The maximum Gasteiger partial charge on any atom is 0.338 e. The third-order valence-corrected chi connectivity index (χ3v) is 3.21. The third-order valence-electron chi connectivity index (χ3n) is 3.21. The van der Waals surface area contributed by atoms with Gasteiger partial charge in [0.15, 0.2) is 5.76 Å². The summed E-state index contributed by atoms with van der Waals surface area (Å²) in [6.45, 7) is 0.580. The summed E-state index contributed by atoms with van der Waals surface area (Å²) in [6.07, 6.45) is 2.79. The van der Waals surface area contributed by atoms with Gasteiger partial charge in [0.25, 0.3) is 5.91 Å². The zero-order valence-electron chi connectivity index (χ0n) is 11.8. The highest BCUT2D eigenvalue weighted by molar-refractivity contribution is 5.95. The second kappa shape index (κ2) is 6.74. The molecule has 1 aromatic carbocycles. The molecule has 0 saturated heterocycles. The van der Waals surface area contributed by atoms with Crippen molar-refractivity contribution in [2.45, 2.75) is 12.8 Å². The molecule has 1 N–H and O–H groups in total. The SMILES string of the molecule is CN(CCCc1ccccc1)C(=O)c1cc(C(=O)O)co1. The van der Waals surface area contributed by atoms with E-state index in [1.807, 2.05) is 30.3 Å². The summed E-state index contributed by atoms with van der Waals surface area (Å²) < 4.78 is 5.00. The van der Waals surface area contributed by atoms with E-state index in [0.29, 0.717) is 6.54 Å². The van der Waals surface area contributed by atoms with Crippen LogP contribution in [0.5, 0.6) is 0 Å². The Balaban J connectivity index is 1.86. The maximum atomic E-state index is 12.1. The second-order valence-electron chi connectivity index (χ2n) is 4.82. The van der Waals surface area contributed by atoms with Crippen LogP contribution in [0.15, 0.2) is 47.1 Å². The molecule has 110 valence electrons. The molecule has 5 nitrogen and oxygen atoms in total. The molecule has 2 aromatic rings. The van der Waals surface area contributed by atoms with Crippen molar-refractivity contribution < 1.29 is 19.1 Å². The Morgan fingerprint density at radius 3 is 2.57 bits per heavy atom. The van der Waals surface area contributed by atoms with Gasteiger partial charge in [0, 0.05) is 19.7 Å². The van der Waals surface area contributed by atoms with Gasteiger partial charge in [-0.2, -0.15) is 0 Å². The molecule has 0 fully saturated rings. The van der Waals surface area contributed by atoms with Crippen molar-refractivity contribution in [2.75, 3.05) is 13.6 Å². The number of carboxylic acid groups (broad SMARTS) is 1. The standard InChI is InChI=1S/C16H17NO4/c1-17(9-5-8-12-6-3-2-4-7-12)15(18)14-10-13(11-21-14)16(19)20/h2-4,6-7,10-11H,5,8-9H2,1H3,(H,19,20). The van der Waals surface area contributed by atoms with Crippen LogP contribution in [0.4, 0.5) is 0 Å². The molecule has 1 heterocycles.